The van der Waals surface area contributed by atoms with Crippen molar-refractivity contribution in [1.82, 2.24) is 9.88 Å². The van der Waals surface area contributed by atoms with E-state index in [4.69, 9.17) is 5.11 Å². The first-order chi connectivity index (χ1) is 9.70. The summed E-state index contributed by atoms with van der Waals surface area (Å²) in [4.78, 5) is 19.9. The van der Waals surface area contributed by atoms with Crippen molar-refractivity contribution in [1.29, 1.82) is 0 Å². The average Bonchev–Trinajstić information content (AvgIpc) is 2.83. The van der Waals surface area contributed by atoms with Crippen LogP contribution in [0, 0.1) is 0 Å². The number of aliphatic carboxylic acids is 1. The predicted molar refractivity (Wildman–Crippen MR) is 76.9 cm³/mol. The van der Waals surface area contributed by atoms with Crippen LogP contribution in [0.1, 0.15) is 25.7 Å². The zero-order valence-corrected chi connectivity index (χ0v) is 11.7. The molecule has 5 nitrogen and oxygen atoms in total. The van der Waals surface area contributed by atoms with Crippen molar-refractivity contribution >= 4 is 11.8 Å². The van der Waals surface area contributed by atoms with Gasteiger partial charge in [-0.05, 0) is 44.4 Å². The van der Waals surface area contributed by atoms with E-state index >= 15 is 0 Å². The molecular weight excluding hydrogens is 254 g/mol. The molecule has 20 heavy (non-hydrogen) atoms. The van der Waals surface area contributed by atoms with Crippen molar-refractivity contribution in [2.45, 2.75) is 31.2 Å². The van der Waals surface area contributed by atoms with Gasteiger partial charge >= 0.3 is 5.97 Å². The van der Waals surface area contributed by atoms with E-state index in [-0.39, 0.29) is 12.1 Å². The predicted octanol–water partition coefficient (Wildman–Crippen LogP) is 1.60. The number of piperidine rings is 1. The third-order valence-electron chi connectivity index (χ3n) is 4.73. The minimum Gasteiger partial charge on any atom is -0.480 e. The highest BCUT2D eigenvalue weighted by Gasteiger charge is 2.43. The molecule has 0 aromatic carbocycles. The van der Waals surface area contributed by atoms with Gasteiger partial charge in [0.25, 0.3) is 0 Å². The Morgan fingerprint density at radius 2 is 2.05 bits per heavy atom. The molecule has 2 aliphatic heterocycles. The lowest BCUT2D eigenvalue weighted by Crippen LogP contribution is -2.53. The molecule has 1 aromatic rings. The van der Waals surface area contributed by atoms with Gasteiger partial charge in [-0.15, -0.1) is 0 Å². The zero-order valence-electron chi connectivity index (χ0n) is 11.7. The summed E-state index contributed by atoms with van der Waals surface area (Å²) in [6, 6.07) is 5.99. The number of carbonyl (C=O) groups is 1. The molecular formula is C15H21N3O2. The van der Waals surface area contributed by atoms with Crippen molar-refractivity contribution < 1.29 is 9.90 Å². The van der Waals surface area contributed by atoms with Crippen LogP contribution >= 0.6 is 0 Å². The fourth-order valence-electron chi connectivity index (χ4n) is 3.66. The van der Waals surface area contributed by atoms with Crippen molar-refractivity contribution in [3.8, 4) is 0 Å². The highest BCUT2D eigenvalue weighted by Crippen LogP contribution is 2.38. The maximum atomic E-state index is 11.0. The standard InChI is InChI=1S/C15H21N3O2/c19-14(20)12-18-9-3-5-15(18)6-10-17(11-7-15)13-4-1-2-8-16-13/h1-2,4,8H,3,5-7,9-12H2,(H,19,20). The third kappa shape index (κ3) is 2.50. The van der Waals surface area contributed by atoms with Crippen LogP contribution < -0.4 is 4.90 Å². The van der Waals surface area contributed by atoms with Gasteiger partial charge in [-0.3, -0.25) is 9.69 Å². The summed E-state index contributed by atoms with van der Waals surface area (Å²) in [7, 11) is 0. The second kappa shape index (κ2) is 5.40. The molecule has 2 fully saturated rings. The molecule has 0 amide bonds. The van der Waals surface area contributed by atoms with Crippen LogP contribution in [-0.4, -0.2) is 52.7 Å². The molecule has 2 saturated heterocycles. The third-order valence-corrected chi connectivity index (χ3v) is 4.73. The molecule has 0 unspecified atom stereocenters. The molecule has 3 rings (SSSR count). The Hall–Kier alpha value is -1.62. The van der Waals surface area contributed by atoms with Crippen LogP contribution in [0.15, 0.2) is 24.4 Å². The summed E-state index contributed by atoms with van der Waals surface area (Å²) >= 11 is 0. The van der Waals surface area contributed by atoms with Crippen molar-refractivity contribution in [2.24, 2.45) is 0 Å². The molecule has 108 valence electrons. The van der Waals surface area contributed by atoms with E-state index in [9.17, 15) is 4.79 Å². The normalized spacial score (nSPS) is 22.3. The second-order valence-electron chi connectivity index (χ2n) is 5.82. The van der Waals surface area contributed by atoms with E-state index in [1.54, 1.807) is 0 Å². The van der Waals surface area contributed by atoms with E-state index < -0.39 is 5.97 Å². The molecule has 1 spiro atoms. The molecule has 0 saturated carbocycles. The number of carboxylic acid groups (broad SMARTS) is 1. The van der Waals surface area contributed by atoms with E-state index in [0.29, 0.717) is 0 Å². The SMILES string of the molecule is O=C(O)CN1CCCC12CCN(c1ccccn1)CC2. The number of rotatable bonds is 3. The first kappa shape index (κ1) is 13.4. The van der Waals surface area contributed by atoms with Gasteiger partial charge in [0.1, 0.15) is 5.82 Å². The Bertz CT molecular complexity index is 469. The summed E-state index contributed by atoms with van der Waals surface area (Å²) < 4.78 is 0. The molecule has 0 radical (unpaired) electrons. The minimum absolute atomic E-state index is 0.115. The Kier molecular flexibility index (Phi) is 3.61. The largest absolute Gasteiger partial charge is 0.480 e. The van der Waals surface area contributed by atoms with E-state index in [2.05, 4.69) is 14.8 Å². The number of likely N-dealkylation sites (tertiary alicyclic amines) is 1. The smallest absolute Gasteiger partial charge is 0.317 e. The maximum Gasteiger partial charge on any atom is 0.317 e. The number of aromatic nitrogens is 1. The number of pyridine rings is 1. The quantitative estimate of drug-likeness (QED) is 0.908. The average molecular weight is 275 g/mol. The fraction of sp³-hybridized carbons (Fsp3) is 0.600. The Morgan fingerprint density at radius 1 is 1.25 bits per heavy atom. The van der Waals surface area contributed by atoms with Crippen LogP contribution in [-0.2, 0) is 4.79 Å². The summed E-state index contributed by atoms with van der Waals surface area (Å²) in [6.45, 7) is 3.04. The van der Waals surface area contributed by atoms with Crippen LogP contribution in [0.2, 0.25) is 0 Å². The van der Waals surface area contributed by atoms with Gasteiger partial charge in [-0.1, -0.05) is 6.07 Å². The molecule has 1 aromatic heterocycles. The van der Waals surface area contributed by atoms with Gasteiger partial charge < -0.3 is 10.0 Å². The number of hydrogen-bond acceptors (Lipinski definition) is 4. The molecule has 3 heterocycles. The lowest BCUT2D eigenvalue weighted by Gasteiger charge is -2.45. The van der Waals surface area contributed by atoms with Gasteiger partial charge in [0.15, 0.2) is 0 Å². The van der Waals surface area contributed by atoms with Gasteiger partial charge in [-0.2, -0.15) is 0 Å². The van der Waals surface area contributed by atoms with Gasteiger partial charge in [-0.25, -0.2) is 4.98 Å². The number of hydrogen-bond donors (Lipinski definition) is 1. The first-order valence-electron chi connectivity index (χ1n) is 7.32. The molecule has 0 atom stereocenters. The van der Waals surface area contributed by atoms with Gasteiger partial charge in [0.2, 0.25) is 0 Å². The number of carboxylic acids is 1. The van der Waals surface area contributed by atoms with Crippen molar-refractivity contribution in [3.05, 3.63) is 24.4 Å². The number of nitrogens with zero attached hydrogens (tertiary/aromatic N) is 3. The van der Waals surface area contributed by atoms with Gasteiger partial charge in [0, 0.05) is 24.8 Å². The fourth-order valence-corrected chi connectivity index (χ4v) is 3.66. The second-order valence-corrected chi connectivity index (χ2v) is 5.82. The van der Waals surface area contributed by atoms with E-state index in [1.807, 2.05) is 24.4 Å². The summed E-state index contributed by atoms with van der Waals surface area (Å²) in [5.41, 5.74) is 0.115. The van der Waals surface area contributed by atoms with Crippen LogP contribution in [0.5, 0.6) is 0 Å². The van der Waals surface area contributed by atoms with Crippen LogP contribution in [0.4, 0.5) is 5.82 Å². The Balaban J connectivity index is 1.67. The van der Waals surface area contributed by atoms with E-state index in [0.717, 1.165) is 51.1 Å². The lowest BCUT2D eigenvalue weighted by atomic mass is 9.85. The Labute approximate surface area is 119 Å². The zero-order chi connectivity index (χ0) is 14.0. The van der Waals surface area contributed by atoms with E-state index in [1.165, 1.54) is 0 Å². The van der Waals surface area contributed by atoms with Crippen LogP contribution in [0.3, 0.4) is 0 Å². The molecule has 0 bridgehead atoms. The molecule has 5 heteroatoms. The Morgan fingerprint density at radius 3 is 2.70 bits per heavy atom. The van der Waals surface area contributed by atoms with Crippen LogP contribution in [0.25, 0.3) is 0 Å². The summed E-state index contributed by atoms with van der Waals surface area (Å²) in [6.07, 6.45) is 6.16. The first-order valence-corrected chi connectivity index (χ1v) is 7.32. The van der Waals surface area contributed by atoms with Crippen molar-refractivity contribution in [3.63, 3.8) is 0 Å². The highest BCUT2D eigenvalue weighted by atomic mass is 16.4. The topological polar surface area (TPSA) is 56.7 Å². The number of anilines is 1. The van der Waals surface area contributed by atoms with Gasteiger partial charge in [0.05, 0.1) is 6.54 Å². The molecule has 2 aliphatic rings. The lowest BCUT2D eigenvalue weighted by molar-refractivity contribution is -0.139. The molecule has 0 aliphatic carbocycles. The summed E-state index contributed by atoms with van der Waals surface area (Å²) in [5, 5.41) is 9.06. The van der Waals surface area contributed by atoms with Crippen molar-refractivity contribution in [2.75, 3.05) is 31.1 Å². The maximum absolute atomic E-state index is 11.0. The monoisotopic (exact) mass is 275 g/mol. The minimum atomic E-state index is -0.710. The highest BCUT2D eigenvalue weighted by molar-refractivity contribution is 5.69. The molecule has 1 N–H and O–H groups in total. The summed E-state index contributed by atoms with van der Waals surface area (Å²) in [5.74, 6) is 0.323.